The van der Waals surface area contributed by atoms with E-state index in [1.165, 1.54) is 7.11 Å². The van der Waals surface area contributed by atoms with Gasteiger partial charge in [-0.1, -0.05) is 6.07 Å². The first-order valence-electron chi connectivity index (χ1n) is 6.51. The van der Waals surface area contributed by atoms with E-state index < -0.39 is 13.2 Å². The lowest BCUT2D eigenvalue weighted by Gasteiger charge is -2.22. The summed E-state index contributed by atoms with van der Waals surface area (Å²) in [4.78, 5) is 5.99. The fraction of sp³-hybridized carbons (Fsp3) is 0.267. The number of nitrogens with zero attached hydrogens (tertiary/aromatic N) is 2. The zero-order chi connectivity index (χ0) is 15.5. The van der Waals surface area contributed by atoms with Crippen molar-refractivity contribution in [1.82, 2.24) is 4.98 Å². The molecular weight excluding hydrogens is 287 g/mol. The Kier molecular flexibility index (Phi) is 4.78. The predicted molar refractivity (Wildman–Crippen MR) is 84.2 cm³/mol. The summed E-state index contributed by atoms with van der Waals surface area (Å²) in [6.45, 7) is 0. The highest BCUT2D eigenvalue weighted by Crippen LogP contribution is 2.56. The third kappa shape index (κ3) is 3.16. The van der Waals surface area contributed by atoms with E-state index in [4.69, 9.17) is 4.52 Å². The van der Waals surface area contributed by atoms with Crippen molar-refractivity contribution in [3.05, 3.63) is 54.4 Å². The molecule has 0 saturated carbocycles. The lowest BCUT2D eigenvalue weighted by molar-refractivity contribution is 0.224. The van der Waals surface area contributed by atoms with E-state index in [1.807, 2.05) is 31.1 Å². The molecule has 1 aromatic heterocycles. The van der Waals surface area contributed by atoms with Crippen molar-refractivity contribution in [3.8, 4) is 0 Å². The zero-order valence-electron chi connectivity index (χ0n) is 12.3. The van der Waals surface area contributed by atoms with E-state index in [9.17, 15) is 9.67 Å². The van der Waals surface area contributed by atoms with Crippen molar-refractivity contribution < 1.29 is 14.2 Å². The quantitative estimate of drug-likeness (QED) is 0.859. The average Bonchev–Trinajstić information content (AvgIpc) is 2.54. The summed E-state index contributed by atoms with van der Waals surface area (Å²) < 4.78 is 18.2. The van der Waals surface area contributed by atoms with Gasteiger partial charge in [0.15, 0.2) is 5.85 Å². The second kappa shape index (κ2) is 6.39. The first-order chi connectivity index (χ1) is 9.99. The van der Waals surface area contributed by atoms with Gasteiger partial charge in [-0.2, -0.15) is 0 Å². The van der Waals surface area contributed by atoms with Crippen LogP contribution in [0, 0.1) is 0 Å². The molecule has 2 rings (SSSR count). The minimum Gasteiger partial charge on any atom is -0.378 e. The van der Waals surface area contributed by atoms with Gasteiger partial charge in [0.2, 0.25) is 0 Å². The van der Waals surface area contributed by atoms with Crippen LogP contribution in [0.15, 0.2) is 48.7 Å². The molecule has 0 bridgehead atoms. The van der Waals surface area contributed by atoms with Crippen LogP contribution in [0.1, 0.15) is 11.5 Å². The van der Waals surface area contributed by atoms with Gasteiger partial charge >= 0.3 is 0 Å². The minimum atomic E-state index is -3.44. The van der Waals surface area contributed by atoms with Crippen LogP contribution in [0.5, 0.6) is 0 Å². The molecule has 1 heterocycles. The fourth-order valence-electron chi connectivity index (χ4n) is 2.01. The standard InChI is InChI=1S/C15H19N2O3P/c1-17(2)12-7-9-13(10-8-12)21(19,20-3)15(18)14-6-4-5-11-16-14/h4-11,15,18H,1-3H3. The molecule has 0 fully saturated rings. The number of hydrogen-bond acceptors (Lipinski definition) is 5. The molecule has 1 aromatic carbocycles. The molecule has 2 unspecified atom stereocenters. The number of aliphatic hydroxyl groups excluding tert-OH is 1. The first kappa shape index (κ1) is 15.7. The van der Waals surface area contributed by atoms with Gasteiger partial charge in [0.1, 0.15) is 0 Å². The topological polar surface area (TPSA) is 62.7 Å². The molecule has 5 nitrogen and oxygen atoms in total. The molecular formula is C15H19N2O3P. The lowest BCUT2D eigenvalue weighted by Crippen LogP contribution is -2.15. The highest BCUT2D eigenvalue weighted by Gasteiger charge is 2.36. The molecule has 0 aliphatic heterocycles. The highest BCUT2D eigenvalue weighted by atomic mass is 31.2. The maximum Gasteiger partial charge on any atom is 0.265 e. The Morgan fingerprint density at radius 1 is 1.19 bits per heavy atom. The number of pyridine rings is 1. The van der Waals surface area contributed by atoms with Crippen LogP contribution in [0.3, 0.4) is 0 Å². The van der Waals surface area contributed by atoms with Crippen LogP contribution in [0.25, 0.3) is 0 Å². The van der Waals surface area contributed by atoms with Crippen molar-refractivity contribution in [2.75, 3.05) is 26.1 Å². The summed E-state index contributed by atoms with van der Waals surface area (Å²) in [5, 5.41) is 10.9. The van der Waals surface area contributed by atoms with Crippen LogP contribution >= 0.6 is 7.37 Å². The van der Waals surface area contributed by atoms with Crippen molar-refractivity contribution in [3.63, 3.8) is 0 Å². The zero-order valence-corrected chi connectivity index (χ0v) is 13.2. The Bertz CT molecular complexity index is 629. The Balaban J connectivity index is 2.39. The molecule has 2 atom stereocenters. The number of hydrogen-bond donors (Lipinski definition) is 1. The van der Waals surface area contributed by atoms with Crippen LogP contribution in [-0.2, 0) is 9.09 Å². The van der Waals surface area contributed by atoms with Gasteiger partial charge in [0.05, 0.1) is 5.69 Å². The van der Waals surface area contributed by atoms with Gasteiger partial charge in [-0.15, -0.1) is 0 Å². The van der Waals surface area contributed by atoms with Gasteiger partial charge in [-0.05, 0) is 36.4 Å². The number of rotatable bonds is 5. The average molecular weight is 306 g/mol. The SMILES string of the molecule is COP(=O)(c1ccc(N(C)C)cc1)C(O)c1ccccn1. The van der Waals surface area contributed by atoms with Gasteiger partial charge in [0.25, 0.3) is 7.37 Å². The summed E-state index contributed by atoms with van der Waals surface area (Å²) in [6, 6.07) is 12.2. The fourth-order valence-corrected chi connectivity index (χ4v) is 3.77. The van der Waals surface area contributed by atoms with Crippen LogP contribution < -0.4 is 10.2 Å². The number of aromatic nitrogens is 1. The summed E-state index contributed by atoms with van der Waals surface area (Å²) in [7, 11) is 1.75. The minimum absolute atomic E-state index is 0.333. The smallest absolute Gasteiger partial charge is 0.265 e. The molecule has 0 aliphatic rings. The second-order valence-corrected chi connectivity index (χ2v) is 7.38. The van der Waals surface area contributed by atoms with E-state index in [2.05, 4.69) is 4.98 Å². The third-order valence-electron chi connectivity index (χ3n) is 3.27. The lowest BCUT2D eigenvalue weighted by atomic mass is 10.3. The Morgan fingerprint density at radius 3 is 2.33 bits per heavy atom. The van der Waals surface area contributed by atoms with Crippen molar-refractivity contribution in [2.24, 2.45) is 0 Å². The molecule has 2 aromatic rings. The monoisotopic (exact) mass is 306 g/mol. The highest BCUT2D eigenvalue weighted by molar-refractivity contribution is 7.67. The largest absolute Gasteiger partial charge is 0.378 e. The number of anilines is 1. The van der Waals surface area contributed by atoms with Crippen molar-refractivity contribution >= 4 is 18.4 Å². The molecule has 0 amide bonds. The number of aliphatic hydroxyl groups is 1. The summed E-state index contributed by atoms with van der Waals surface area (Å²) in [6.07, 6.45) is 1.55. The Morgan fingerprint density at radius 2 is 1.86 bits per heavy atom. The maximum atomic E-state index is 13.0. The first-order valence-corrected chi connectivity index (χ1v) is 8.21. The summed E-state index contributed by atoms with van der Waals surface area (Å²) in [5.41, 5.74) is 1.31. The molecule has 6 heteroatoms. The number of benzene rings is 1. The molecule has 1 N–H and O–H groups in total. The molecule has 0 saturated heterocycles. The van der Waals surface area contributed by atoms with Gasteiger partial charge < -0.3 is 14.5 Å². The molecule has 112 valence electrons. The van der Waals surface area contributed by atoms with E-state index >= 15 is 0 Å². The normalized spacial score (nSPS) is 15.2. The van der Waals surface area contributed by atoms with E-state index in [0.29, 0.717) is 11.0 Å². The second-order valence-electron chi connectivity index (χ2n) is 4.82. The maximum absolute atomic E-state index is 13.0. The Labute approximate surface area is 124 Å². The van der Waals surface area contributed by atoms with Gasteiger partial charge in [-0.25, -0.2) is 0 Å². The molecule has 0 spiro atoms. The summed E-state index contributed by atoms with van der Waals surface area (Å²) in [5.74, 6) is -1.28. The molecule has 21 heavy (non-hydrogen) atoms. The van der Waals surface area contributed by atoms with E-state index in [0.717, 1.165) is 5.69 Å². The van der Waals surface area contributed by atoms with Crippen molar-refractivity contribution in [2.45, 2.75) is 5.85 Å². The van der Waals surface area contributed by atoms with Crippen LogP contribution in [0.2, 0.25) is 0 Å². The van der Waals surface area contributed by atoms with Crippen LogP contribution in [-0.4, -0.2) is 31.3 Å². The van der Waals surface area contributed by atoms with Crippen molar-refractivity contribution in [1.29, 1.82) is 0 Å². The predicted octanol–water partition coefficient (Wildman–Crippen LogP) is 2.39. The molecule has 0 radical (unpaired) electrons. The van der Waals surface area contributed by atoms with Gasteiger partial charge in [0, 0.05) is 38.4 Å². The van der Waals surface area contributed by atoms with E-state index in [1.54, 1.807) is 36.5 Å². The summed E-state index contributed by atoms with van der Waals surface area (Å²) >= 11 is 0. The molecule has 0 aliphatic carbocycles. The van der Waals surface area contributed by atoms with E-state index in [-0.39, 0.29) is 0 Å². The third-order valence-corrected chi connectivity index (χ3v) is 5.74. The van der Waals surface area contributed by atoms with Crippen LogP contribution in [0.4, 0.5) is 5.69 Å². The van der Waals surface area contributed by atoms with Gasteiger partial charge in [-0.3, -0.25) is 9.55 Å². The Hall–Kier alpha value is -1.68.